The Hall–Kier alpha value is -5.11. The number of carbonyl (C=O) groups is 1. The summed E-state index contributed by atoms with van der Waals surface area (Å²) in [6, 6.07) is 8.14. The van der Waals surface area contributed by atoms with Gasteiger partial charge in [-0.3, -0.25) is 19.2 Å². The predicted molar refractivity (Wildman–Crippen MR) is 184 cm³/mol. The van der Waals surface area contributed by atoms with E-state index < -0.39 is 18.0 Å². The average molecular weight is 775 g/mol. The van der Waals surface area contributed by atoms with Crippen LogP contribution in [0.15, 0.2) is 61.2 Å². The lowest BCUT2D eigenvalue weighted by molar-refractivity contribution is -0.275. The zero-order chi connectivity index (χ0) is 38.5. The van der Waals surface area contributed by atoms with Gasteiger partial charge in [0.1, 0.15) is 24.7 Å². The SMILES string of the molecule is C.CCOCC(=O)Cl.CCOCc1nnc2cnc(-c3ccc(OC(F)(F)F)cc3C)cn12.Cc1cc(OC(F)(F)F)ccc1-c1cnc(NN)cn1. The van der Waals surface area contributed by atoms with Crippen LogP contribution >= 0.6 is 11.6 Å². The van der Waals surface area contributed by atoms with Gasteiger partial charge in [0.25, 0.3) is 0 Å². The average Bonchev–Trinajstić information content (AvgIpc) is 3.48. The Morgan fingerprint density at radius 1 is 0.811 bits per heavy atom. The molecule has 0 spiro atoms. The third-order valence-electron chi connectivity index (χ3n) is 6.43. The van der Waals surface area contributed by atoms with Gasteiger partial charge in [0.05, 0.1) is 30.0 Å². The Bertz CT molecular complexity index is 1910. The number of nitrogens with one attached hydrogen (secondary N) is 1. The molecule has 0 amide bonds. The van der Waals surface area contributed by atoms with Crippen LogP contribution in [0.4, 0.5) is 32.2 Å². The number of fused-ring (bicyclic) bond motifs is 1. The smallest absolute Gasteiger partial charge is 0.406 e. The molecule has 0 atom stereocenters. The predicted octanol–water partition coefficient (Wildman–Crippen LogP) is 7.60. The molecule has 5 aromatic rings. The first-order valence-electron chi connectivity index (χ1n) is 15.1. The first-order chi connectivity index (χ1) is 24.5. The van der Waals surface area contributed by atoms with Crippen LogP contribution in [0.5, 0.6) is 11.5 Å². The van der Waals surface area contributed by atoms with Crippen molar-refractivity contribution in [1.29, 1.82) is 0 Å². The summed E-state index contributed by atoms with van der Waals surface area (Å²) in [6.45, 7) is 8.46. The number of aryl methyl sites for hydroxylation is 2. The first kappa shape index (κ1) is 44.1. The summed E-state index contributed by atoms with van der Waals surface area (Å²) >= 11 is 4.89. The zero-order valence-electron chi connectivity index (χ0n) is 28.0. The van der Waals surface area contributed by atoms with Crippen LogP contribution in [-0.4, -0.2) is 67.3 Å². The number of carbonyl (C=O) groups excluding carboxylic acids is 1. The highest BCUT2D eigenvalue weighted by Gasteiger charge is 2.32. The van der Waals surface area contributed by atoms with E-state index in [9.17, 15) is 31.1 Å². The van der Waals surface area contributed by atoms with E-state index in [2.05, 4.69) is 44.8 Å². The number of ether oxygens (including phenoxy) is 4. The highest BCUT2D eigenvalue weighted by molar-refractivity contribution is 6.63. The number of rotatable bonds is 11. The number of benzene rings is 2. The van der Waals surface area contributed by atoms with E-state index in [-0.39, 0.29) is 25.5 Å². The quantitative estimate of drug-likeness (QED) is 0.0586. The number of hydrogen-bond acceptors (Lipinski definition) is 12. The number of alkyl halides is 6. The van der Waals surface area contributed by atoms with Crippen molar-refractivity contribution in [2.24, 2.45) is 5.84 Å². The molecule has 13 nitrogen and oxygen atoms in total. The van der Waals surface area contributed by atoms with Crippen molar-refractivity contribution in [2.45, 2.75) is 54.5 Å². The van der Waals surface area contributed by atoms with Gasteiger partial charge in [-0.1, -0.05) is 7.43 Å². The highest BCUT2D eigenvalue weighted by Crippen LogP contribution is 2.30. The van der Waals surface area contributed by atoms with Gasteiger partial charge in [0.15, 0.2) is 17.3 Å². The van der Waals surface area contributed by atoms with Crippen molar-refractivity contribution in [1.82, 2.24) is 29.5 Å². The van der Waals surface area contributed by atoms with Gasteiger partial charge in [-0.25, -0.2) is 10.8 Å². The minimum atomic E-state index is -4.72. The largest absolute Gasteiger partial charge is 0.573 e. The van der Waals surface area contributed by atoms with Crippen molar-refractivity contribution in [3.8, 4) is 34.0 Å². The van der Waals surface area contributed by atoms with Crippen molar-refractivity contribution in [3.05, 3.63) is 78.1 Å². The molecule has 288 valence electrons. The number of hydrogen-bond donors (Lipinski definition) is 2. The summed E-state index contributed by atoms with van der Waals surface area (Å²) in [5, 5.41) is 7.61. The number of nitrogens with zero attached hydrogens (tertiary/aromatic N) is 6. The molecule has 0 aliphatic heterocycles. The Kier molecular flexibility index (Phi) is 16.8. The molecule has 0 unspecified atom stereocenters. The number of nitrogen functional groups attached to an aromatic ring is 1. The summed E-state index contributed by atoms with van der Waals surface area (Å²) in [7, 11) is 0. The maximum absolute atomic E-state index is 12.3. The number of halogens is 7. The number of nitrogens with two attached hydrogens (primary N) is 1. The van der Waals surface area contributed by atoms with Gasteiger partial charge in [0, 0.05) is 30.5 Å². The lowest BCUT2D eigenvalue weighted by atomic mass is 10.1. The molecule has 3 aromatic heterocycles. The third-order valence-corrected chi connectivity index (χ3v) is 6.54. The Morgan fingerprint density at radius 3 is 1.79 bits per heavy atom. The summed E-state index contributed by atoms with van der Waals surface area (Å²) < 4.78 is 92.8. The van der Waals surface area contributed by atoms with Gasteiger partial charge in [-0.15, -0.1) is 36.5 Å². The molecule has 2 aromatic carbocycles. The maximum Gasteiger partial charge on any atom is 0.573 e. The molecule has 0 bridgehead atoms. The number of aromatic nitrogens is 6. The minimum absolute atomic E-state index is 0. The molecule has 0 radical (unpaired) electrons. The molecule has 3 heterocycles. The van der Waals surface area contributed by atoms with Gasteiger partial charge in [0.2, 0.25) is 5.24 Å². The normalized spacial score (nSPS) is 11.0. The molecule has 0 saturated carbocycles. The summed E-state index contributed by atoms with van der Waals surface area (Å²) in [4.78, 5) is 22.3. The number of hydrazine groups is 1. The molecule has 0 saturated heterocycles. The topological polar surface area (TPSA) is 161 Å². The fourth-order valence-electron chi connectivity index (χ4n) is 4.25. The molecular formula is C33H37ClF6N8O5. The van der Waals surface area contributed by atoms with Crippen molar-refractivity contribution < 1.29 is 50.1 Å². The van der Waals surface area contributed by atoms with Gasteiger partial charge < -0.3 is 24.4 Å². The molecule has 0 aliphatic carbocycles. The van der Waals surface area contributed by atoms with Crippen LogP contribution in [-0.2, 0) is 20.9 Å². The lowest BCUT2D eigenvalue weighted by Gasteiger charge is -2.11. The van der Waals surface area contributed by atoms with Crippen LogP contribution in [0.1, 0.15) is 38.2 Å². The minimum Gasteiger partial charge on any atom is -0.406 e. The van der Waals surface area contributed by atoms with Crippen LogP contribution < -0.4 is 20.7 Å². The van der Waals surface area contributed by atoms with E-state index in [0.29, 0.717) is 70.8 Å². The van der Waals surface area contributed by atoms with E-state index in [1.807, 2.05) is 6.92 Å². The highest BCUT2D eigenvalue weighted by atomic mass is 35.5. The fourth-order valence-corrected chi connectivity index (χ4v) is 4.32. The van der Waals surface area contributed by atoms with Crippen LogP contribution in [0, 0.1) is 13.8 Å². The Morgan fingerprint density at radius 2 is 1.36 bits per heavy atom. The molecule has 0 fully saturated rings. The second-order valence-corrected chi connectivity index (χ2v) is 10.6. The summed E-state index contributed by atoms with van der Waals surface area (Å²) in [5.74, 6) is 5.65. The van der Waals surface area contributed by atoms with Gasteiger partial charge in [-0.2, -0.15) is 0 Å². The van der Waals surface area contributed by atoms with Gasteiger partial charge >= 0.3 is 12.7 Å². The number of anilines is 1. The molecular weight excluding hydrogens is 738 g/mol. The Balaban J connectivity index is 0.000000312. The lowest BCUT2D eigenvalue weighted by Crippen LogP contribution is -2.17. The maximum atomic E-state index is 12.3. The van der Waals surface area contributed by atoms with Crippen molar-refractivity contribution in [2.75, 3.05) is 25.2 Å². The van der Waals surface area contributed by atoms with Gasteiger partial charge in [-0.05, 0) is 86.8 Å². The van der Waals surface area contributed by atoms with Crippen LogP contribution in [0.2, 0.25) is 0 Å². The molecule has 53 heavy (non-hydrogen) atoms. The van der Waals surface area contributed by atoms with E-state index >= 15 is 0 Å². The Labute approximate surface area is 305 Å². The zero-order valence-corrected chi connectivity index (χ0v) is 28.8. The third kappa shape index (κ3) is 14.4. The second kappa shape index (κ2) is 20.2. The fraction of sp³-hybridized carbons (Fsp3) is 0.333. The van der Waals surface area contributed by atoms with E-state index in [0.717, 1.165) is 0 Å². The molecule has 20 heteroatoms. The summed E-state index contributed by atoms with van der Waals surface area (Å²) in [5.41, 5.74) is 6.56. The first-order valence-corrected chi connectivity index (χ1v) is 15.5. The van der Waals surface area contributed by atoms with E-state index in [1.54, 1.807) is 37.6 Å². The summed E-state index contributed by atoms with van der Waals surface area (Å²) in [6.07, 6.45) is -3.24. The molecule has 5 rings (SSSR count). The monoisotopic (exact) mass is 774 g/mol. The van der Waals surface area contributed by atoms with Crippen molar-refractivity contribution >= 4 is 28.3 Å². The van der Waals surface area contributed by atoms with Crippen LogP contribution in [0.3, 0.4) is 0 Å². The standard InChI is InChI=1S/C16H15F3N4O2.C12H11F3N4O.C4H7ClO2.CH4/c1-3-24-9-15-22-21-14-7-20-13(8-23(14)15)12-5-4-11(6-10(12)2)25-16(17,18)19;1-7-4-8(20-12(13,14)15)2-3-9(7)10-5-18-11(19-16)6-17-10;1-2-7-3-4(5)6;/h4-8H,3,9H2,1-2H3;2-6H,16H2,1H3,(H,18,19);2-3H2,1H3;1H4. The molecule has 0 aliphatic rings. The van der Waals surface area contributed by atoms with E-state index in [1.165, 1.54) is 48.8 Å². The van der Waals surface area contributed by atoms with Crippen molar-refractivity contribution in [3.63, 3.8) is 0 Å². The molecule has 3 N–H and O–H groups in total. The second-order valence-electron chi connectivity index (χ2n) is 10.2. The van der Waals surface area contributed by atoms with Crippen LogP contribution in [0.25, 0.3) is 28.2 Å². The van der Waals surface area contributed by atoms with E-state index in [4.69, 9.17) is 22.2 Å².